The van der Waals surface area contributed by atoms with Gasteiger partial charge in [0.25, 0.3) is 0 Å². The zero-order valence-corrected chi connectivity index (χ0v) is 12.0. The first-order valence-corrected chi connectivity index (χ1v) is 7.51. The van der Waals surface area contributed by atoms with Crippen molar-refractivity contribution in [2.75, 3.05) is 7.05 Å². The summed E-state index contributed by atoms with van der Waals surface area (Å²) in [5.41, 5.74) is 3.24. The van der Waals surface area contributed by atoms with Gasteiger partial charge in [0.2, 0.25) is 5.95 Å². The zero-order chi connectivity index (χ0) is 14.4. The molecule has 4 rings (SSSR count). The Bertz CT molecular complexity index is 655. The van der Waals surface area contributed by atoms with Crippen LogP contribution in [-0.4, -0.2) is 34.0 Å². The molecule has 3 nitrogen and oxygen atoms in total. The molecule has 4 heterocycles. The van der Waals surface area contributed by atoms with E-state index in [1.54, 1.807) is 12.3 Å². The number of likely N-dealkylation sites (N-methyl/N-ethyl adjacent to an activating group) is 1. The molecule has 2 saturated heterocycles. The quantitative estimate of drug-likeness (QED) is 0.792. The Morgan fingerprint density at radius 2 is 2.05 bits per heavy atom. The second-order valence-electron chi connectivity index (χ2n) is 6.18. The molecule has 2 aromatic heterocycles. The highest BCUT2D eigenvalue weighted by atomic mass is 18.2. The van der Waals surface area contributed by atoms with E-state index < -0.39 is 5.95 Å². The fraction of sp³-hybridized carbons (Fsp3) is 0.412. The summed E-state index contributed by atoms with van der Waals surface area (Å²) in [6.07, 6.45) is 9.23. The van der Waals surface area contributed by atoms with E-state index in [-0.39, 0.29) is 0 Å². The Morgan fingerprint density at radius 1 is 1.14 bits per heavy atom. The third kappa shape index (κ3) is 2.14. The molecule has 21 heavy (non-hydrogen) atoms. The fourth-order valence-electron chi connectivity index (χ4n) is 3.98. The molecule has 0 N–H and O–H groups in total. The third-order valence-corrected chi connectivity index (χ3v) is 5.13. The maximum atomic E-state index is 12.9. The molecule has 0 amide bonds. The first-order valence-electron chi connectivity index (χ1n) is 7.51. The van der Waals surface area contributed by atoms with Crippen LogP contribution in [0.3, 0.4) is 0 Å². The highest BCUT2D eigenvalue weighted by Gasteiger charge is 2.44. The summed E-state index contributed by atoms with van der Waals surface area (Å²) in [6.45, 7) is 0. The van der Waals surface area contributed by atoms with Gasteiger partial charge in [0.1, 0.15) is 0 Å². The number of pyridine rings is 2. The minimum atomic E-state index is -0.447. The Labute approximate surface area is 123 Å². The summed E-state index contributed by atoms with van der Waals surface area (Å²) in [6, 6.07) is 6.74. The highest BCUT2D eigenvalue weighted by molar-refractivity contribution is 5.62. The summed E-state index contributed by atoms with van der Waals surface area (Å²) in [5.74, 6) is 0.132. The lowest BCUT2D eigenvalue weighted by molar-refractivity contribution is 0.307. The predicted molar refractivity (Wildman–Crippen MR) is 79.4 cm³/mol. The molecular formula is C17H18FN3. The van der Waals surface area contributed by atoms with Crippen molar-refractivity contribution in [3.63, 3.8) is 0 Å². The lowest BCUT2D eigenvalue weighted by atomic mass is 9.84. The normalized spacial score (nSPS) is 28.2. The van der Waals surface area contributed by atoms with Crippen LogP contribution >= 0.6 is 0 Å². The molecule has 0 unspecified atom stereocenters. The number of hydrogen-bond donors (Lipinski definition) is 0. The Kier molecular flexibility index (Phi) is 3.00. The minimum absolute atomic E-state index is 0.447. The van der Waals surface area contributed by atoms with Crippen molar-refractivity contribution in [2.45, 2.75) is 37.3 Å². The number of hydrogen-bond acceptors (Lipinski definition) is 3. The van der Waals surface area contributed by atoms with Gasteiger partial charge in [0.05, 0.1) is 0 Å². The second-order valence-corrected chi connectivity index (χ2v) is 6.18. The topological polar surface area (TPSA) is 29.0 Å². The lowest BCUT2D eigenvalue weighted by Gasteiger charge is -2.22. The predicted octanol–water partition coefficient (Wildman–Crippen LogP) is 3.23. The van der Waals surface area contributed by atoms with Crippen LogP contribution in [-0.2, 0) is 0 Å². The third-order valence-electron chi connectivity index (χ3n) is 5.13. The van der Waals surface area contributed by atoms with Gasteiger partial charge in [-0.15, -0.1) is 0 Å². The molecule has 0 aliphatic carbocycles. The number of halogens is 1. The van der Waals surface area contributed by atoms with Gasteiger partial charge in [-0.2, -0.15) is 4.39 Å². The van der Waals surface area contributed by atoms with Gasteiger partial charge in [-0.1, -0.05) is 0 Å². The largest absolute Gasteiger partial charge is 0.300 e. The minimum Gasteiger partial charge on any atom is -0.300 e. The van der Waals surface area contributed by atoms with Gasteiger partial charge in [0, 0.05) is 47.7 Å². The number of nitrogens with zero attached hydrogens (tertiary/aromatic N) is 3. The average molecular weight is 282 g/mol. The second kappa shape index (κ2) is 4.88. The summed E-state index contributed by atoms with van der Waals surface area (Å²) in [4.78, 5) is 10.7. The summed E-state index contributed by atoms with van der Waals surface area (Å²) < 4.78 is 12.9. The van der Waals surface area contributed by atoms with Crippen molar-refractivity contribution in [1.82, 2.24) is 14.9 Å². The highest BCUT2D eigenvalue weighted by Crippen LogP contribution is 2.45. The molecule has 0 spiro atoms. The summed E-state index contributed by atoms with van der Waals surface area (Å²) in [7, 11) is 2.24. The number of aromatic nitrogens is 2. The van der Waals surface area contributed by atoms with Gasteiger partial charge in [-0.25, -0.2) is 4.98 Å². The molecule has 2 bridgehead atoms. The Hall–Kier alpha value is -1.81. The van der Waals surface area contributed by atoms with Crippen LogP contribution in [0.25, 0.3) is 11.1 Å². The maximum Gasteiger partial charge on any atom is 0.212 e. The molecule has 108 valence electrons. The first kappa shape index (κ1) is 12.9. The molecule has 0 saturated carbocycles. The van der Waals surface area contributed by atoms with Gasteiger partial charge in [0.15, 0.2) is 0 Å². The van der Waals surface area contributed by atoms with Gasteiger partial charge in [-0.3, -0.25) is 9.88 Å². The van der Waals surface area contributed by atoms with Gasteiger partial charge in [-0.05, 0) is 50.1 Å². The van der Waals surface area contributed by atoms with E-state index >= 15 is 0 Å². The van der Waals surface area contributed by atoms with Gasteiger partial charge >= 0.3 is 0 Å². The van der Waals surface area contributed by atoms with E-state index in [2.05, 4.69) is 28.0 Å². The van der Waals surface area contributed by atoms with Crippen LogP contribution in [0.4, 0.5) is 4.39 Å². The molecule has 0 aromatic carbocycles. The first-order chi connectivity index (χ1) is 10.2. The summed E-state index contributed by atoms with van der Waals surface area (Å²) >= 11 is 0. The molecular weight excluding hydrogens is 264 g/mol. The number of fused-ring (bicyclic) bond motifs is 2. The monoisotopic (exact) mass is 282 g/mol. The van der Waals surface area contributed by atoms with E-state index in [1.165, 1.54) is 30.9 Å². The number of rotatable bonds is 2. The van der Waals surface area contributed by atoms with Crippen molar-refractivity contribution in [3.05, 3.63) is 48.3 Å². The van der Waals surface area contributed by atoms with Gasteiger partial charge < -0.3 is 0 Å². The lowest BCUT2D eigenvalue weighted by Crippen LogP contribution is -2.25. The van der Waals surface area contributed by atoms with Crippen LogP contribution in [0.2, 0.25) is 0 Å². The van der Waals surface area contributed by atoms with Crippen molar-refractivity contribution in [1.29, 1.82) is 0 Å². The van der Waals surface area contributed by atoms with Crippen LogP contribution in [0.5, 0.6) is 0 Å². The summed E-state index contributed by atoms with van der Waals surface area (Å²) in [5, 5.41) is 0. The average Bonchev–Trinajstić information content (AvgIpc) is 3.03. The van der Waals surface area contributed by atoms with Crippen molar-refractivity contribution < 1.29 is 4.39 Å². The molecule has 2 aliphatic rings. The van der Waals surface area contributed by atoms with E-state index in [1.807, 2.05) is 12.4 Å². The van der Waals surface area contributed by atoms with E-state index in [0.29, 0.717) is 12.0 Å². The zero-order valence-electron chi connectivity index (χ0n) is 12.0. The Morgan fingerprint density at radius 3 is 2.71 bits per heavy atom. The fourth-order valence-corrected chi connectivity index (χ4v) is 3.98. The van der Waals surface area contributed by atoms with Crippen molar-refractivity contribution >= 4 is 0 Å². The van der Waals surface area contributed by atoms with Crippen LogP contribution in [0, 0.1) is 5.95 Å². The van der Waals surface area contributed by atoms with Crippen LogP contribution in [0.15, 0.2) is 36.8 Å². The molecule has 3 atom stereocenters. The van der Waals surface area contributed by atoms with Crippen molar-refractivity contribution in [3.8, 4) is 11.1 Å². The van der Waals surface area contributed by atoms with Crippen LogP contribution < -0.4 is 0 Å². The maximum absolute atomic E-state index is 12.9. The molecule has 2 aliphatic heterocycles. The van der Waals surface area contributed by atoms with E-state index in [0.717, 1.165) is 17.2 Å². The van der Waals surface area contributed by atoms with E-state index in [9.17, 15) is 4.39 Å². The smallest absolute Gasteiger partial charge is 0.212 e. The van der Waals surface area contributed by atoms with E-state index in [4.69, 9.17) is 0 Å². The Balaban J connectivity index is 1.66. The van der Waals surface area contributed by atoms with Crippen molar-refractivity contribution in [2.24, 2.45) is 0 Å². The molecule has 0 radical (unpaired) electrons. The van der Waals surface area contributed by atoms with Crippen LogP contribution in [0.1, 0.15) is 30.7 Å². The molecule has 4 heteroatoms. The standard InChI is InChI=1S/C17H18FN3/c1-21-14-3-4-16(21)15(7-14)13-6-12(8-19-9-13)11-2-5-17(18)20-10-11/h2,5-6,8-10,14-16H,3-4,7H2,1H3/t14-,15+,16+/m0/s1/i18-1. The SMILES string of the molecule is CN1[C@H]2CC[C@@H]1[C@@H](c1cncc(-c3ccc([18F])nc3)c1)C2. The molecule has 2 aromatic rings. The molecule has 2 fully saturated rings.